The van der Waals surface area contributed by atoms with E-state index in [-0.39, 0.29) is 5.92 Å². The molecule has 0 spiro atoms. The molecule has 8 rings (SSSR count). The van der Waals surface area contributed by atoms with Crippen LogP contribution in [-0.2, 0) is 19.6 Å². The Kier molecular flexibility index (Phi) is 9.97. The molecule has 294 valence electrons. The molecule has 0 aliphatic carbocycles. The summed E-state index contributed by atoms with van der Waals surface area (Å²) in [5.41, 5.74) is 12.0. The van der Waals surface area contributed by atoms with E-state index < -0.39 is 11.9 Å². The molecule has 0 amide bonds. The zero-order chi connectivity index (χ0) is 39.3. The van der Waals surface area contributed by atoms with Crippen molar-refractivity contribution in [3.8, 4) is 17.1 Å². The highest BCUT2D eigenvalue weighted by Crippen LogP contribution is 2.38. The van der Waals surface area contributed by atoms with Gasteiger partial charge in [-0.2, -0.15) is 23.4 Å². The fourth-order valence-corrected chi connectivity index (χ4v) is 8.41. The Bertz CT molecular complexity index is 2340. The molecule has 0 radical (unpaired) electrons. The number of hydrogen-bond acceptors (Lipinski definition) is 8. The van der Waals surface area contributed by atoms with E-state index in [4.69, 9.17) is 32.2 Å². The number of anilines is 3. The number of nitrogen functional groups attached to an aromatic ring is 1. The lowest BCUT2D eigenvalue weighted by Crippen LogP contribution is -2.34. The summed E-state index contributed by atoms with van der Waals surface area (Å²) in [6, 6.07) is 16.3. The number of H-pyrrole nitrogens is 1. The molecule has 6 aromatic rings. The van der Waals surface area contributed by atoms with Crippen molar-refractivity contribution in [1.82, 2.24) is 39.1 Å². The molecule has 2 aromatic carbocycles. The highest BCUT2D eigenvalue weighted by Gasteiger charge is 2.37. The molecule has 0 bridgehead atoms. The number of piperidine rings is 2. The number of benzene rings is 2. The van der Waals surface area contributed by atoms with Crippen LogP contribution in [0.15, 0.2) is 60.9 Å². The second kappa shape index (κ2) is 14.9. The van der Waals surface area contributed by atoms with Gasteiger partial charge in [0.15, 0.2) is 11.6 Å². The molecule has 56 heavy (non-hydrogen) atoms. The summed E-state index contributed by atoms with van der Waals surface area (Å²) in [7, 11) is 3.67. The topological polar surface area (TPSA) is 124 Å². The minimum absolute atomic E-state index is 0.155. The van der Waals surface area contributed by atoms with E-state index in [1.807, 2.05) is 60.2 Å². The first-order chi connectivity index (χ1) is 26.9. The van der Waals surface area contributed by atoms with E-state index in [0.29, 0.717) is 60.7 Å². The van der Waals surface area contributed by atoms with Crippen molar-refractivity contribution in [1.29, 1.82) is 0 Å². The maximum atomic E-state index is 14.1. The summed E-state index contributed by atoms with van der Waals surface area (Å²) < 4.78 is 53.1. The van der Waals surface area contributed by atoms with E-state index in [9.17, 15) is 13.2 Å². The van der Waals surface area contributed by atoms with Crippen molar-refractivity contribution >= 4 is 29.2 Å². The standard InChI is InChI=1S/C40H45ClF3N11O/c1-24-37(48-39(45)47-24)26-10-14-53(15-11-26)36-22-34(40(42,43)44)50-55(36)31-9-8-28(33(41)21-31)18-29-19-35(54(49-29)30-6-5-7-32(20-30)56-4)52-16-12-27(13-17-52)38-25(2)51(3)23-46-38/h5-9,19-23,26-27H,10-18H2,1-4H3,(H3,45,47,48). The van der Waals surface area contributed by atoms with Gasteiger partial charge in [-0.25, -0.2) is 19.3 Å². The number of methoxy groups -OCH3 is 1. The van der Waals surface area contributed by atoms with Crippen LogP contribution in [0.3, 0.4) is 0 Å². The lowest BCUT2D eigenvalue weighted by molar-refractivity contribution is -0.141. The van der Waals surface area contributed by atoms with E-state index in [2.05, 4.69) is 37.5 Å². The summed E-state index contributed by atoms with van der Waals surface area (Å²) in [5, 5.41) is 9.52. The van der Waals surface area contributed by atoms with Gasteiger partial charge in [-0.3, -0.25) is 0 Å². The molecule has 0 saturated carbocycles. The molecule has 2 aliphatic rings. The molecule has 16 heteroatoms. The van der Waals surface area contributed by atoms with Crippen LogP contribution >= 0.6 is 11.6 Å². The Balaban J connectivity index is 1.05. The predicted octanol–water partition coefficient (Wildman–Crippen LogP) is 7.75. The Morgan fingerprint density at radius 3 is 2.09 bits per heavy atom. The van der Waals surface area contributed by atoms with Gasteiger partial charge in [-0.1, -0.05) is 23.7 Å². The van der Waals surface area contributed by atoms with Gasteiger partial charge in [0.1, 0.15) is 17.4 Å². The third-order valence-electron chi connectivity index (χ3n) is 11.3. The third-order valence-corrected chi connectivity index (χ3v) is 11.6. The Labute approximate surface area is 328 Å². The molecule has 4 aromatic heterocycles. The van der Waals surface area contributed by atoms with Crippen molar-refractivity contribution in [2.24, 2.45) is 7.05 Å². The molecule has 2 saturated heterocycles. The predicted molar refractivity (Wildman–Crippen MR) is 211 cm³/mol. The first kappa shape index (κ1) is 37.5. The highest BCUT2D eigenvalue weighted by molar-refractivity contribution is 6.31. The average molecular weight is 788 g/mol. The largest absolute Gasteiger partial charge is 0.497 e. The number of hydrogen-bond donors (Lipinski definition) is 2. The molecule has 6 heterocycles. The minimum Gasteiger partial charge on any atom is -0.497 e. The number of imidazole rings is 2. The number of alkyl halides is 3. The van der Waals surface area contributed by atoms with Gasteiger partial charge >= 0.3 is 6.18 Å². The molecule has 2 aliphatic heterocycles. The lowest BCUT2D eigenvalue weighted by Gasteiger charge is -2.33. The van der Waals surface area contributed by atoms with E-state index in [1.165, 1.54) is 16.1 Å². The normalized spacial score (nSPS) is 15.9. The minimum atomic E-state index is -4.61. The first-order valence-electron chi connectivity index (χ1n) is 18.9. The van der Waals surface area contributed by atoms with E-state index >= 15 is 0 Å². The Hall–Kier alpha value is -5.44. The average Bonchev–Trinajstić information content (AvgIpc) is 3.98. The monoisotopic (exact) mass is 787 g/mol. The van der Waals surface area contributed by atoms with Gasteiger partial charge in [0.05, 0.1) is 41.9 Å². The summed E-state index contributed by atoms with van der Waals surface area (Å²) >= 11 is 6.94. The van der Waals surface area contributed by atoms with Crippen LogP contribution < -0.4 is 20.3 Å². The zero-order valence-corrected chi connectivity index (χ0v) is 32.6. The fourth-order valence-electron chi connectivity index (χ4n) is 8.16. The van der Waals surface area contributed by atoms with Crippen molar-refractivity contribution in [3.63, 3.8) is 0 Å². The second-order valence-electron chi connectivity index (χ2n) is 14.8. The number of nitrogens with two attached hydrogens (primary N) is 1. The van der Waals surface area contributed by atoms with Crippen LogP contribution in [0.1, 0.15) is 77.2 Å². The van der Waals surface area contributed by atoms with Crippen LogP contribution in [0.4, 0.5) is 30.8 Å². The Morgan fingerprint density at radius 1 is 0.857 bits per heavy atom. The SMILES string of the molecule is COc1cccc(-n2nc(Cc3ccc(-n4nc(C(F)(F)F)cc4N4CCC(c5nc(N)[nH]c5C)CC4)cc3Cl)cc2N2CCC(c3ncn(C)c3C)CC2)c1. The molecule has 0 unspecified atom stereocenters. The van der Waals surface area contributed by atoms with Gasteiger partial charge in [0.25, 0.3) is 0 Å². The summed E-state index contributed by atoms with van der Waals surface area (Å²) in [6.07, 6.45) is 1.04. The maximum Gasteiger partial charge on any atom is 0.435 e. The summed E-state index contributed by atoms with van der Waals surface area (Å²) in [4.78, 5) is 16.5. The van der Waals surface area contributed by atoms with Crippen LogP contribution in [-0.4, -0.2) is 72.4 Å². The van der Waals surface area contributed by atoms with Crippen LogP contribution in [0.2, 0.25) is 5.02 Å². The highest BCUT2D eigenvalue weighted by atomic mass is 35.5. The van der Waals surface area contributed by atoms with Crippen LogP contribution in [0, 0.1) is 13.8 Å². The quantitative estimate of drug-likeness (QED) is 0.153. The number of rotatable bonds is 9. The van der Waals surface area contributed by atoms with Crippen molar-refractivity contribution in [2.45, 2.75) is 64.0 Å². The van der Waals surface area contributed by atoms with Crippen molar-refractivity contribution in [3.05, 3.63) is 106 Å². The Morgan fingerprint density at radius 2 is 1.50 bits per heavy atom. The van der Waals surface area contributed by atoms with Gasteiger partial charge in [-0.05, 0) is 69.4 Å². The molecule has 3 N–H and O–H groups in total. The zero-order valence-electron chi connectivity index (χ0n) is 31.8. The molecular weight excluding hydrogens is 743 g/mol. The van der Waals surface area contributed by atoms with Crippen molar-refractivity contribution < 1.29 is 17.9 Å². The van der Waals surface area contributed by atoms with Gasteiger partial charge in [0, 0.05) is 86.1 Å². The van der Waals surface area contributed by atoms with Crippen molar-refractivity contribution in [2.75, 3.05) is 48.8 Å². The molecule has 0 atom stereocenters. The van der Waals surface area contributed by atoms with Crippen LogP contribution in [0.5, 0.6) is 5.75 Å². The number of nitrogens with one attached hydrogen (secondary N) is 1. The molecular formula is C40H45ClF3N11O. The summed E-state index contributed by atoms with van der Waals surface area (Å²) in [6.45, 7) is 6.80. The smallest absolute Gasteiger partial charge is 0.435 e. The number of aromatic nitrogens is 8. The number of nitrogens with zero attached hydrogens (tertiary/aromatic N) is 9. The van der Waals surface area contributed by atoms with Crippen LogP contribution in [0.25, 0.3) is 11.4 Å². The molecule has 12 nitrogen and oxygen atoms in total. The number of aryl methyl sites for hydroxylation is 2. The summed E-state index contributed by atoms with van der Waals surface area (Å²) in [5.74, 6) is 2.96. The second-order valence-corrected chi connectivity index (χ2v) is 15.2. The van der Waals surface area contributed by atoms with E-state index in [0.717, 1.165) is 71.9 Å². The van der Waals surface area contributed by atoms with Gasteiger partial charge < -0.3 is 29.8 Å². The maximum absolute atomic E-state index is 14.1. The number of halogens is 4. The van der Waals surface area contributed by atoms with E-state index in [1.54, 1.807) is 19.2 Å². The number of aromatic amines is 1. The van der Waals surface area contributed by atoms with Gasteiger partial charge in [-0.15, -0.1) is 0 Å². The lowest BCUT2D eigenvalue weighted by atomic mass is 9.92. The molecule has 2 fully saturated rings. The first-order valence-corrected chi connectivity index (χ1v) is 19.2. The number of ether oxygens (including phenoxy) is 1. The fraction of sp³-hybridized carbons (Fsp3) is 0.400. The third kappa shape index (κ3) is 7.31. The van der Waals surface area contributed by atoms with Gasteiger partial charge in [0.2, 0.25) is 0 Å².